The molecule has 0 amide bonds. The lowest BCUT2D eigenvalue weighted by Gasteiger charge is -2.21. The van der Waals surface area contributed by atoms with Crippen LogP contribution in [-0.2, 0) is 9.53 Å². The summed E-state index contributed by atoms with van der Waals surface area (Å²) in [6.07, 6.45) is 3.05. The molecule has 4 heteroatoms. The van der Waals surface area contributed by atoms with Gasteiger partial charge in [0.1, 0.15) is 0 Å². The number of Topliss-reactive ketones (excluding diaryl/α,β-unsaturated/α-hetero) is 1. The summed E-state index contributed by atoms with van der Waals surface area (Å²) in [5, 5.41) is 8.94. The van der Waals surface area contributed by atoms with Crippen molar-refractivity contribution in [1.29, 1.82) is 0 Å². The van der Waals surface area contributed by atoms with Crippen molar-refractivity contribution in [2.75, 3.05) is 39.5 Å². The maximum atomic E-state index is 11.9. The third-order valence-electron chi connectivity index (χ3n) is 3.01. The standard InChI is InChI=1S/C12H23NO3/c1-2-3-5-13(6-7-14)9-12(15)11-4-8-16-10-11/h11,14H,2-10H2,1H3. The highest BCUT2D eigenvalue weighted by atomic mass is 16.5. The normalized spacial score (nSPS) is 20.6. The van der Waals surface area contributed by atoms with Crippen LogP contribution >= 0.6 is 0 Å². The lowest BCUT2D eigenvalue weighted by Crippen LogP contribution is -2.36. The molecule has 0 aromatic carbocycles. The summed E-state index contributed by atoms with van der Waals surface area (Å²) in [5.74, 6) is 0.352. The first-order valence-electron chi connectivity index (χ1n) is 6.21. The Hall–Kier alpha value is -0.450. The van der Waals surface area contributed by atoms with Crippen molar-refractivity contribution >= 4 is 5.78 Å². The van der Waals surface area contributed by atoms with Gasteiger partial charge in [0.05, 0.1) is 19.8 Å². The van der Waals surface area contributed by atoms with E-state index in [-0.39, 0.29) is 18.3 Å². The van der Waals surface area contributed by atoms with Gasteiger partial charge in [-0.15, -0.1) is 0 Å². The molecule has 94 valence electrons. The van der Waals surface area contributed by atoms with Crippen molar-refractivity contribution in [1.82, 2.24) is 4.90 Å². The zero-order valence-corrected chi connectivity index (χ0v) is 10.2. The maximum Gasteiger partial charge on any atom is 0.152 e. The maximum absolute atomic E-state index is 11.9. The molecule has 1 fully saturated rings. The van der Waals surface area contributed by atoms with Gasteiger partial charge in [-0.05, 0) is 19.4 Å². The predicted octanol–water partition coefficient (Wildman–Crippen LogP) is 0.686. The van der Waals surface area contributed by atoms with Crippen molar-refractivity contribution in [3.05, 3.63) is 0 Å². The van der Waals surface area contributed by atoms with Gasteiger partial charge in [-0.3, -0.25) is 9.69 Å². The molecule has 1 saturated heterocycles. The lowest BCUT2D eigenvalue weighted by molar-refractivity contribution is -0.124. The van der Waals surface area contributed by atoms with Gasteiger partial charge in [-0.25, -0.2) is 0 Å². The average molecular weight is 229 g/mol. The first kappa shape index (κ1) is 13.6. The summed E-state index contributed by atoms with van der Waals surface area (Å²) in [7, 11) is 0. The van der Waals surface area contributed by atoms with E-state index in [1.807, 2.05) is 4.90 Å². The number of unbranched alkanes of at least 4 members (excludes halogenated alkanes) is 1. The first-order chi connectivity index (χ1) is 7.77. The number of rotatable bonds is 8. The van der Waals surface area contributed by atoms with Gasteiger partial charge >= 0.3 is 0 Å². The molecule has 16 heavy (non-hydrogen) atoms. The van der Waals surface area contributed by atoms with E-state index in [1.165, 1.54) is 0 Å². The molecule has 1 heterocycles. The van der Waals surface area contributed by atoms with Crippen molar-refractivity contribution < 1.29 is 14.6 Å². The minimum atomic E-state index is 0.0859. The molecule has 0 saturated carbocycles. The van der Waals surface area contributed by atoms with Gasteiger partial charge in [0.15, 0.2) is 5.78 Å². The molecular formula is C12H23NO3. The predicted molar refractivity (Wildman–Crippen MR) is 62.4 cm³/mol. The smallest absolute Gasteiger partial charge is 0.152 e. The molecule has 1 aliphatic heterocycles. The van der Waals surface area contributed by atoms with Gasteiger partial charge in [0, 0.05) is 19.1 Å². The molecule has 0 radical (unpaired) electrons. The monoisotopic (exact) mass is 229 g/mol. The van der Waals surface area contributed by atoms with Crippen LogP contribution in [0, 0.1) is 5.92 Å². The summed E-state index contributed by atoms with van der Waals surface area (Å²) >= 11 is 0. The first-order valence-corrected chi connectivity index (χ1v) is 6.21. The Morgan fingerprint density at radius 3 is 2.88 bits per heavy atom. The topological polar surface area (TPSA) is 49.8 Å². The van der Waals surface area contributed by atoms with Crippen LogP contribution in [0.25, 0.3) is 0 Å². The van der Waals surface area contributed by atoms with E-state index in [4.69, 9.17) is 9.84 Å². The van der Waals surface area contributed by atoms with E-state index < -0.39 is 0 Å². The van der Waals surface area contributed by atoms with E-state index in [0.29, 0.717) is 26.3 Å². The molecule has 0 aromatic heterocycles. The molecule has 0 bridgehead atoms. The molecule has 1 N–H and O–H groups in total. The van der Waals surface area contributed by atoms with Gasteiger partial charge < -0.3 is 9.84 Å². The SMILES string of the molecule is CCCCN(CCO)CC(=O)C1CCOC1. The summed E-state index contributed by atoms with van der Waals surface area (Å²) in [6, 6.07) is 0. The Labute approximate surface area is 97.6 Å². The largest absolute Gasteiger partial charge is 0.395 e. The second-order valence-corrected chi connectivity index (χ2v) is 4.38. The Kier molecular flexibility index (Phi) is 6.61. The Morgan fingerprint density at radius 2 is 2.31 bits per heavy atom. The van der Waals surface area contributed by atoms with Crippen molar-refractivity contribution in [2.45, 2.75) is 26.2 Å². The van der Waals surface area contributed by atoms with Crippen LogP contribution < -0.4 is 0 Å². The van der Waals surface area contributed by atoms with Crippen LogP contribution in [0.3, 0.4) is 0 Å². The van der Waals surface area contributed by atoms with Gasteiger partial charge in [-0.2, -0.15) is 0 Å². The fraction of sp³-hybridized carbons (Fsp3) is 0.917. The van der Waals surface area contributed by atoms with E-state index in [2.05, 4.69) is 6.92 Å². The molecule has 1 rings (SSSR count). The molecule has 1 aliphatic rings. The number of aliphatic hydroxyl groups excluding tert-OH is 1. The quantitative estimate of drug-likeness (QED) is 0.665. The summed E-state index contributed by atoms with van der Waals surface area (Å²) < 4.78 is 5.21. The van der Waals surface area contributed by atoms with E-state index in [0.717, 1.165) is 25.8 Å². The summed E-state index contributed by atoms with van der Waals surface area (Å²) in [4.78, 5) is 13.9. The Morgan fingerprint density at radius 1 is 1.50 bits per heavy atom. The van der Waals surface area contributed by atoms with Crippen LogP contribution in [0.15, 0.2) is 0 Å². The lowest BCUT2D eigenvalue weighted by atomic mass is 10.0. The molecule has 4 nitrogen and oxygen atoms in total. The van der Waals surface area contributed by atoms with Crippen molar-refractivity contribution in [2.24, 2.45) is 5.92 Å². The van der Waals surface area contributed by atoms with Crippen LogP contribution in [0.2, 0.25) is 0 Å². The molecule has 0 aromatic rings. The fourth-order valence-corrected chi connectivity index (χ4v) is 1.93. The van der Waals surface area contributed by atoms with E-state index in [1.54, 1.807) is 0 Å². The number of aliphatic hydroxyl groups is 1. The number of hydrogen-bond donors (Lipinski definition) is 1. The molecule has 1 atom stereocenters. The van der Waals surface area contributed by atoms with Crippen LogP contribution in [-0.4, -0.2) is 55.2 Å². The Bertz CT molecular complexity index is 202. The minimum absolute atomic E-state index is 0.0859. The highest BCUT2D eigenvalue weighted by Crippen LogP contribution is 2.14. The molecule has 0 aliphatic carbocycles. The highest BCUT2D eigenvalue weighted by Gasteiger charge is 2.24. The van der Waals surface area contributed by atoms with Gasteiger partial charge in [-0.1, -0.05) is 13.3 Å². The van der Waals surface area contributed by atoms with E-state index >= 15 is 0 Å². The molecule has 1 unspecified atom stereocenters. The molecule has 0 spiro atoms. The van der Waals surface area contributed by atoms with Gasteiger partial charge in [0.2, 0.25) is 0 Å². The van der Waals surface area contributed by atoms with Crippen molar-refractivity contribution in [3.8, 4) is 0 Å². The third kappa shape index (κ3) is 4.60. The number of carbonyl (C=O) groups excluding carboxylic acids is 1. The number of nitrogens with zero attached hydrogens (tertiary/aromatic N) is 1. The number of hydrogen-bond acceptors (Lipinski definition) is 4. The van der Waals surface area contributed by atoms with Crippen LogP contribution in [0.4, 0.5) is 0 Å². The highest BCUT2D eigenvalue weighted by molar-refractivity contribution is 5.83. The van der Waals surface area contributed by atoms with Gasteiger partial charge in [0.25, 0.3) is 0 Å². The number of carbonyl (C=O) groups is 1. The minimum Gasteiger partial charge on any atom is -0.395 e. The summed E-state index contributed by atoms with van der Waals surface area (Å²) in [6.45, 7) is 5.51. The fourth-order valence-electron chi connectivity index (χ4n) is 1.93. The number of ether oxygens (including phenoxy) is 1. The number of ketones is 1. The zero-order valence-electron chi connectivity index (χ0n) is 10.2. The average Bonchev–Trinajstić information content (AvgIpc) is 2.79. The van der Waals surface area contributed by atoms with Crippen LogP contribution in [0.5, 0.6) is 0 Å². The summed E-state index contributed by atoms with van der Waals surface area (Å²) in [5.41, 5.74) is 0. The third-order valence-corrected chi connectivity index (χ3v) is 3.01. The van der Waals surface area contributed by atoms with Crippen molar-refractivity contribution in [3.63, 3.8) is 0 Å². The Balaban J connectivity index is 2.30. The molecular weight excluding hydrogens is 206 g/mol. The van der Waals surface area contributed by atoms with Crippen LogP contribution in [0.1, 0.15) is 26.2 Å². The second kappa shape index (κ2) is 7.76. The second-order valence-electron chi connectivity index (χ2n) is 4.38. The van der Waals surface area contributed by atoms with E-state index in [9.17, 15) is 4.79 Å². The zero-order chi connectivity index (χ0) is 11.8.